The fourth-order valence-electron chi connectivity index (χ4n) is 2.80. The van der Waals surface area contributed by atoms with Crippen LogP contribution in [0.4, 0.5) is 0 Å². The fourth-order valence-corrected chi connectivity index (χ4v) is 2.80. The van der Waals surface area contributed by atoms with Crippen molar-refractivity contribution in [1.29, 1.82) is 5.26 Å². The van der Waals surface area contributed by atoms with E-state index in [1.807, 2.05) is 18.2 Å². The maximum atomic E-state index is 9.12. The molecule has 1 heterocycles. The van der Waals surface area contributed by atoms with Gasteiger partial charge in [0.1, 0.15) is 0 Å². The van der Waals surface area contributed by atoms with Gasteiger partial charge in [-0.15, -0.1) is 0 Å². The third kappa shape index (κ3) is 3.34. The van der Waals surface area contributed by atoms with Crippen LogP contribution in [0.5, 0.6) is 0 Å². The van der Waals surface area contributed by atoms with Crippen molar-refractivity contribution in [3.63, 3.8) is 0 Å². The normalized spacial score (nSPS) is 21.2. The molecule has 2 nitrogen and oxygen atoms in total. The Bertz CT molecular complexity index is 419. The highest BCUT2D eigenvalue weighted by Gasteiger charge is 2.16. The largest absolute Gasteiger partial charge is 0.299 e. The SMILES string of the molecule is CCC1CCCN(Cc2ccccc2C#N)CC1. The van der Waals surface area contributed by atoms with Gasteiger partial charge in [-0.05, 0) is 49.9 Å². The average molecular weight is 242 g/mol. The fraction of sp³-hybridized carbons (Fsp3) is 0.562. The van der Waals surface area contributed by atoms with Crippen LogP contribution in [0.15, 0.2) is 24.3 Å². The molecule has 1 atom stereocenters. The topological polar surface area (TPSA) is 27.0 Å². The Morgan fingerprint density at radius 2 is 2.11 bits per heavy atom. The third-order valence-electron chi connectivity index (χ3n) is 4.05. The van der Waals surface area contributed by atoms with Crippen LogP contribution in [0.25, 0.3) is 0 Å². The molecule has 1 aromatic rings. The Kier molecular flexibility index (Phi) is 4.78. The smallest absolute Gasteiger partial charge is 0.0995 e. The zero-order valence-corrected chi connectivity index (χ0v) is 11.2. The summed E-state index contributed by atoms with van der Waals surface area (Å²) >= 11 is 0. The van der Waals surface area contributed by atoms with E-state index in [1.54, 1.807) is 0 Å². The van der Waals surface area contributed by atoms with E-state index in [-0.39, 0.29) is 0 Å². The first-order valence-corrected chi connectivity index (χ1v) is 7.04. The summed E-state index contributed by atoms with van der Waals surface area (Å²) in [4.78, 5) is 2.51. The van der Waals surface area contributed by atoms with Crippen LogP contribution < -0.4 is 0 Å². The van der Waals surface area contributed by atoms with Crippen LogP contribution in [0.1, 0.15) is 43.7 Å². The molecule has 1 aromatic carbocycles. The summed E-state index contributed by atoms with van der Waals surface area (Å²) in [6.45, 7) is 5.58. The van der Waals surface area contributed by atoms with Crippen molar-refractivity contribution < 1.29 is 0 Å². The summed E-state index contributed by atoms with van der Waals surface area (Å²) in [6.07, 6.45) is 5.29. The van der Waals surface area contributed by atoms with Crippen molar-refractivity contribution in [2.75, 3.05) is 13.1 Å². The maximum Gasteiger partial charge on any atom is 0.0995 e. The van der Waals surface area contributed by atoms with E-state index >= 15 is 0 Å². The van der Waals surface area contributed by atoms with Crippen molar-refractivity contribution in [2.24, 2.45) is 5.92 Å². The van der Waals surface area contributed by atoms with Crippen LogP contribution in [-0.2, 0) is 6.54 Å². The molecule has 0 N–H and O–H groups in total. The standard InChI is InChI=1S/C16H22N2/c1-2-14-6-5-10-18(11-9-14)13-16-8-4-3-7-15(16)12-17/h3-4,7-8,14H,2,5-6,9-11,13H2,1H3. The average Bonchev–Trinajstić information content (AvgIpc) is 2.64. The first kappa shape index (κ1) is 13.1. The minimum atomic E-state index is 0.828. The van der Waals surface area contributed by atoms with E-state index in [1.165, 1.54) is 44.3 Å². The second-order valence-corrected chi connectivity index (χ2v) is 5.25. The number of nitrogens with zero attached hydrogens (tertiary/aromatic N) is 2. The molecule has 0 aliphatic carbocycles. The number of likely N-dealkylation sites (tertiary alicyclic amines) is 1. The van der Waals surface area contributed by atoms with Crippen LogP contribution in [0, 0.1) is 17.2 Å². The first-order chi connectivity index (χ1) is 8.83. The lowest BCUT2D eigenvalue weighted by molar-refractivity contribution is 0.272. The van der Waals surface area contributed by atoms with Gasteiger partial charge in [0.15, 0.2) is 0 Å². The van der Waals surface area contributed by atoms with Gasteiger partial charge in [-0.2, -0.15) is 5.26 Å². The Labute approximate surface area is 110 Å². The molecule has 0 amide bonds. The second-order valence-electron chi connectivity index (χ2n) is 5.25. The van der Waals surface area contributed by atoms with Gasteiger partial charge < -0.3 is 0 Å². The Hall–Kier alpha value is -1.33. The summed E-state index contributed by atoms with van der Waals surface area (Å²) in [6, 6.07) is 10.3. The van der Waals surface area contributed by atoms with Crippen molar-refractivity contribution in [3.8, 4) is 6.07 Å². The molecule has 2 rings (SSSR count). The quantitative estimate of drug-likeness (QED) is 0.810. The lowest BCUT2D eigenvalue weighted by Gasteiger charge is -2.20. The van der Waals surface area contributed by atoms with Crippen LogP contribution >= 0.6 is 0 Å². The van der Waals surface area contributed by atoms with Gasteiger partial charge in [0.25, 0.3) is 0 Å². The summed E-state index contributed by atoms with van der Waals surface area (Å²) in [7, 11) is 0. The molecular formula is C16H22N2. The van der Waals surface area contributed by atoms with Gasteiger partial charge in [0.2, 0.25) is 0 Å². The molecule has 2 heteroatoms. The summed E-state index contributed by atoms with van der Waals surface area (Å²) in [5, 5.41) is 9.12. The monoisotopic (exact) mass is 242 g/mol. The van der Waals surface area contributed by atoms with E-state index in [9.17, 15) is 0 Å². The Morgan fingerprint density at radius 3 is 2.89 bits per heavy atom. The summed E-state index contributed by atoms with van der Waals surface area (Å²) in [5.74, 6) is 0.904. The molecule has 1 aliphatic rings. The van der Waals surface area contributed by atoms with Gasteiger partial charge in [0.05, 0.1) is 11.6 Å². The lowest BCUT2D eigenvalue weighted by atomic mass is 9.98. The number of benzene rings is 1. The molecule has 0 aromatic heterocycles. The van der Waals surface area contributed by atoms with E-state index in [2.05, 4.69) is 24.0 Å². The van der Waals surface area contributed by atoms with Crippen LogP contribution in [-0.4, -0.2) is 18.0 Å². The molecule has 1 saturated heterocycles. The van der Waals surface area contributed by atoms with Crippen LogP contribution in [0.3, 0.4) is 0 Å². The van der Waals surface area contributed by atoms with E-state index < -0.39 is 0 Å². The third-order valence-corrected chi connectivity index (χ3v) is 4.05. The Morgan fingerprint density at radius 1 is 1.28 bits per heavy atom. The number of hydrogen-bond acceptors (Lipinski definition) is 2. The maximum absolute atomic E-state index is 9.12. The lowest BCUT2D eigenvalue weighted by Crippen LogP contribution is -2.24. The summed E-state index contributed by atoms with van der Waals surface area (Å²) in [5.41, 5.74) is 2.00. The predicted molar refractivity (Wildman–Crippen MR) is 74.1 cm³/mol. The molecule has 1 fully saturated rings. The highest BCUT2D eigenvalue weighted by atomic mass is 15.1. The van der Waals surface area contributed by atoms with Crippen molar-refractivity contribution >= 4 is 0 Å². The molecule has 18 heavy (non-hydrogen) atoms. The van der Waals surface area contributed by atoms with Crippen molar-refractivity contribution in [1.82, 2.24) is 4.90 Å². The molecular weight excluding hydrogens is 220 g/mol. The number of nitriles is 1. The van der Waals surface area contributed by atoms with Crippen molar-refractivity contribution in [2.45, 2.75) is 39.2 Å². The van der Waals surface area contributed by atoms with Crippen molar-refractivity contribution in [3.05, 3.63) is 35.4 Å². The second kappa shape index (κ2) is 6.56. The molecule has 0 saturated carbocycles. The molecule has 0 radical (unpaired) electrons. The highest BCUT2D eigenvalue weighted by molar-refractivity contribution is 5.37. The molecule has 1 aliphatic heterocycles. The molecule has 0 spiro atoms. The first-order valence-electron chi connectivity index (χ1n) is 7.04. The van der Waals surface area contributed by atoms with Gasteiger partial charge in [-0.25, -0.2) is 0 Å². The van der Waals surface area contributed by atoms with E-state index in [0.29, 0.717) is 0 Å². The molecule has 0 bridgehead atoms. The molecule has 96 valence electrons. The van der Waals surface area contributed by atoms with Gasteiger partial charge in [0, 0.05) is 6.54 Å². The van der Waals surface area contributed by atoms with E-state index in [4.69, 9.17) is 5.26 Å². The minimum Gasteiger partial charge on any atom is -0.299 e. The number of rotatable bonds is 3. The van der Waals surface area contributed by atoms with Gasteiger partial charge >= 0.3 is 0 Å². The van der Waals surface area contributed by atoms with Crippen LogP contribution in [0.2, 0.25) is 0 Å². The van der Waals surface area contributed by atoms with E-state index in [0.717, 1.165) is 18.0 Å². The zero-order chi connectivity index (χ0) is 12.8. The predicted octanol–water partition coefficient (Wildman–Crippen LogP) is 3.57. The van der Waals surface area contributed by atoms with Gasteiger partial charge in [-0.3, -0.25) is 4.90 Å². The highest BCUT2D eigenvalue weighted by Crippen LogP contribution is 2.21. The number of hydrogen-bond donors (Lipinski definition) is 0. The minimum absolute atomic E-state index is 0.828. The Balaban J connectivity index is 1.99. The van der Waals surface area contributed by atoms with Gasteiger partial charge in [-0.1, -0.05) is 31.5 Å². The summed E-state index contributed by atoms with van der Waals surface area (Å²) < 4.78 is 0. The molecule has 1 unspecified atom stereocenters. The zero-order valence-electron chi connectivity index (χ0n) is 11.2.